The highest BCUT2D eigenvalue weighted by atomic mass is 19.1. The lowest BCUT2D eigenvalue weighted by molar-refractivity contribution is 0.0697. The number of carboxylic acid groups (broad SMARTS) is 1. The number of hydrogen-bond acceptors (Lipinski definition) is 4. The summed E-state index contributed by atoms with van der Waals surface area (Å²) >= 11 is 0. The molecule has 122 valence electrons. The highest BCUT2D eigenvalue weighted by molar-refractivity contribution is 5.89. The Balaban J connectivity index is 1.92. The summed E-state index contributed by atoms with van der Waals surface area (Å²) < 4.78 is 13.4. The second-order valence-electron chi connectivity index (χ2n) is 5.57. The van der Waals surface area contributed by atoms with Crippen LogP contribution in [0.3, 0.4) is 0 Å². The summed E-state index contributed by atoms with van der Waals surface area (Å²) in [6.45, 7) is 3.70. The van der Waals surface area contributed by atoms with E-state index in [0.29, 0.717) is 17.2 Å². The van der Waals surface area contributed by atoms with Crippen LogP contribution < -0.4 is 5.32 Å². The van der Waals surface area contributed by atoms with Crippen LogP contribution in [0.2, 0.25) is 0 Å². The molecule has 1 heterocycles. The molecule has 0 radical (unpaired) electrons. The third kappa shape index (κ3) is 3.17. The van der Waals surface area contributed by atoms with Crippen LogP contribution in [0.1, 0.15) is 34.7 Å². The minimum Gasteiger partial charge on any atom is -0.478 e. The monoisotopic (exact) mass is 325 g/mol. The molecule has 0 aliphatic carbocycles. The van der Waals surface area contributed by atoms with Gasteiger partial charge >= 0.3 is 5.97 Å². The number of aryl methyl sites for hydroxylation is 1. The van der Waals surface area contributed by atoms with Crippen molar-refractivity contribution in [3.05, 3.63) is 65.2 Å². The van der Waals surface area contributed by atoms with Gasteiger partial charge in [0.1, 0.15) is 17.5 Å². The fourth-order valence-electron chi connectivity index (χ4n) is 2.53. The van der Waals surface area contributed by atoms with Gasteiger partial charge in [0, 0.05) is 17.5 Å². The van der Waals surface area contributed by atoms with Gasteiger partial charge in [0.25, 0.3) is 0 Å². The second kappa shape index (κ2) is 6.23. The van der Waals surface area contributed by atoms with E-state index in [1.165, 1.54) is 12.1 Å². The summed E-state index contributed by atoms with van der Waals surface area (Å²) in [5.41, 5.74) is 1.70. The average Bonchev–Trinajstić information content (AvgIpc) is 2.54. The van der Waals surface area contributed by atoms with E-state index in [0.717, 1.165) is 10.9 Å². The van der Waals surface area contributed by atoms with Crippen molar-refractivity contribution in [2.24, 2.45) is 0 Å². The van der Waals surface area contributed by atoms with E-state index >= 15 is 0 Å². The number of nitrogens with one attached hydrogen (secondary N) is 1. The Kier molecular flexibility index (Phi) is 4.12. The minimum absolute atomic E-state index is 0.101. The molecule has 2 aromatic carbocycles. The van der Waals surface area contributed by atoms with Gasteiger partial charge in [-0.3, -0.25) is 0 Å². The SMILES string of the molecule is Cc1nc(N[C@@H](C)c2ccc(C(=O)O)cc2)c2ccc(F)cc2n1. The number of aromatic carboxylic acids is 1. The molecule has 0 spiro atoms. The third-order valence-electron chi connectivity index (χ3n) is 3.78. The maximum absolute atomic E-state index is 13.4. The van der Waals surface area contributed by atoms with Gasteiger partial charge in [-0.25, -0.2) is 19.2 Å². The summed E-state index contributed by atoms with van der Waals surface area (Å²) in [6.07, 6.45) is 0. The first kappa shape index (κ1) is 15.9. The zero-order valence-corrected chi connectivity index (χ0v) is 13.2. The molecule has 3 aromatic rings. The highest BCUT2D eigenvalue weighted by Crippen LogP contribution is 2.25. The molecular formula is C18H16FN3O2. The van der Waals surface area contributed by atoms with Crippen molar-refractivity contribution in [2.45, 2.75) is 19.9 Å². The van der Waals surface area contributed by atoms with Crippen molar-refractivity contribution in [1.29, 1.82) is 0 Å². The second-order valence-corrected chi connectivity index (χ2v) is 5.57. The Labute approximate surface area is 138 Å². The van der Waals surface area contributed by atoms with Gasteiger partial charge < -0.3 is 10.4 Å². The number of carboxylic acids is 1. The molecule has 0 aliphatic heterocycles. The molecule has 24 heavy (non-hydrogen) atoms. The van der Waals surface area contributed by atoms with Gasteiger partial charge in [-0.05, 0) is 43.7 Å². The Morgan fingerprint density at radius 2 is 1.88 bits per heavy atom. The molecule has 0 amide bonds. The van der Waals surface area contributed by atoms with Gasteiger partial charge in [-0.2, -0.15) is 0 Å². The highest BCUT2D eigenvalue weighted by Gasteiger charge is 2.12. The Hall–Kier alpha value is -3.02. The average molecular weight is 325 g/mol. The number of anilines is 1. The lowest BCUT2D eigenvalue weighted by Gasteiger charge is -2.17. The van der Waals surface area contributed by atoms with E-state index < -0.39 is 5.97 Å². The number of hydrogen-bond donors (Lipinski definition) is 2. The van der Waals surface area contributed by atoms with E-state index in [4.69, 9.17) is 5.11 Å². The number of aromatic nitrogens is 2. The molecule has 2 N–H and O–H groups in total. The number of nitrogens with zero attached hydrogens (tertiary/aromatic N) is 2. The smallest absolute Gasteiger partial charge is 0.335 e. The maximum atomic E-state index is 13.4. The van der Waals surface area contributed by atoms with Crippen molar-refractivity contribution >= 4 is 22.7 Å². The van der Waals surface area contributed by atoms with Gasteiger partial charge in [0.15, 0.2) is 0 Å². The summed E-state index contributed by atoms with van der Waals surface area (Å²) in [4.78, 5) is 19.6. The molecule has 5 nitrogen and oxygen atoms in total. The van der Waals surface area contributed by atoms with E-state index in [9.17, 15) is 9.18 Å². The van der Waals surface area contributed by atoms with Gasteiger partial charge in [0.2, 0.25) is 0 Å². The first-order chi connectivity index (χ1) is 11.4. The van der Waals surface area contributed by atoms with Gasteiger partial charge in [-0.1, -0.05) is 12.1 Å². The first-order valence-electron chi connectivity index (χ1n) is 7.48. The third-order valence-corrected chi connectivity index (χ3v) is 3.78. The van der Waals surface area contributed by atoms with E-state index in [1.807, 2.05) is 6.92 Å². The molecule has 3 rings (SSSR count). The van der Waals surface area contributed by atoms with Crippen LogP contribution in [0.25, 0.3) is 10.9 Å². The lowest BCUT2D eigenvalue weighted by Crippen LogP contribution is -2.10. The fourth-order valence-corrected chi connectivity index (χ4v) is 2.53. The first-order valence-corrected chi connectivity index (χ1v) is 7.48. The quantitative estimate of drug-likeness (QED) is 0.760. The van der Waals surface area contributed by atoms with Crippen LogP contribution in [0.5, 0.6) is 0 Å². The normalized spacial score (nSPS) is 12.1. The molecular weight excluding hydrogens is 309 g/mol. The summed E-state index contributed by atoms with van der Waals surface area (Å²) in [5, 5.41) is 13.0. The molecule has 1 aromatic heterocycles. The molecule has 0 unspecified atom stereocenters. The Morgan fingerprint density at radius 3 is 2.54 bits per heavy atom. The standard InChI is InChI=1S/C18H16FN3O2/c1-10(12-3-5-13(6-4-12)18(23)24)20-17-15-8-7-14(19)9-16(15)21-11(2)22-17/h3-10H,1-2H3,(H,23,24)(H,20,21,22)/t10-/m0/s1. The molecule has 0 bridgehead atoms. The van der Waals surface area contributed by atoms with Crippen LogP contribution in [0.15, 0.2) is 42.5 Å². The molecule has 0 saturated carbocycles. The van der Waals surface area contributed by atoms with Crippen molar-refractivity contribution in [1.82, 2.24) is 9.97 Å². The van der Waals surface area contributed by atoms with Crippen molar-refractivity contribution in [3.8, 4) is 0 Å². The predicted octanol–water partition coefficient (Wildman–Crippen LogP) is 3.95. The predicted molar refractivity (Wildman–Crippen MR) is 89.7 cm³/mol. The van der Waals surface area contributed by atoms with Crippen LogP contribution in [0, 0.1) is 12.7 Å². The lowest BCUT2D eigenvalue weighted by atomic mass is 10.1. The zero-order valence-electron chi connectivity index (χ0n) is 13.2. The van der Waals surface area contributed by atoms with Gasteiger partial charge in [0.05, 0.1) is 11.1 Å². The minimum atomic E-state index is -0.957. The summed E-state index contributed by atoms with van der Waals surface area (Å²) in [7, 11) is 0. The topological polar surface area (TPSA) is 75.1 Å². The summed E-state index contributed by atoms with van der Waals surface area (Å²) in [6, 6.07) is 10.9. The Morgan fingerprint density at radius 1 is 1.17 bits per heavy atom. The van der Waals surface area contributed by atoms with E-state index in [2.05, 4.69) is 15.3 Å². The number of carbonyl (C=O) groups is 1. The number of fused-ring (bicyclic) bond motifs is 1. The molecule has 0 fully saturated rings. The zero-order chi connectivity index (χ0) is 17.3. The van der Waals surface area contributed by atoms with Crippen LogP contribution >= 0.6 is 0 Å². The summed E-state index contributed by atoms with van der Waals surface area (Å²) in [5.74, 6) is -0.137. The van der Waals surface area contributed by atoms with Crippen molar-refractivity contribution in [3.63, 3.8) is 0 Å². The largest absolute Gasteiger partial charge is 0.478 e. The maximum Gasteiger partial charge on any atom is 0.335 e. The van der Waals surface area contributed by atoms with Crippen LogP contribution in [-0.4, -0.2) is 21.0 Å². The molecule has 6 heteroatoms. The molecule has 0 saturated heterocycles. The van der Waals surface area contributed by atoms with Crippen LogP contribution in [0.4, 0.5) is 10.2 Å². The number of rotatable bonds is 4. The van der Waals surface area contributed by atoms with Crippen LogP contribution in [-0.2, 0) is 0 Å². The molecule has 0 aliphatic rings. The van der Waals surface area contributed by atoms with Crippen molar-refractivity contribution in [2.75, 3.05) is 5.32 Å². The number of halogens is 1. The molecule has 1 atom stereocenters. The number of benzene rings is 2. The fraction of sp³-hybridized carbons (Fsp3) is 0.167. The Bertz CT molecular complexity index is 905. The van der Waals surface area contributed by atoms with Crippen molar-refractivity contribution < 1.29 is 14.3 Å². The van der Waals surface area contributed by atoms with E-state index in [1.54, 1.807) is 37.3 Å². The van der Waals surface area contributed by atoms with Gasteiger partial charge in [-0.15, -0.1) is 0 Å². The van der Waals surface area contributed by atoms with E-state index in [-0.39, 0.29) is 17.4 Å².